The van der Waals surface area contributed by atoms with Crippen LogP contribution in [0.5, 0.6) is 5.75 Å². The van der Waals surface area contributed by atoms with Gasteiger partial charge in [-0.15, -0.1) is 0 Å². The van der Waals surface area contributed by atoms with Crippen LogP contribution in [-0.2, 0) is 22.4 Å². The lowest BCUT2D eigenvalue weighted by molar-refractivity contribution is 0.0821. The average Bonchev–Trinajstić information content (AvgIpc) is 3.24. The lowest BCUT2D eigenvalue weighted by Crippen LogP contribution is -2.40. The SMILES string of the molecule is CC(C)(C)[Si](C)(C)OCc1ccccc1OC[C@H]1CCCN1C(=O)OCc1ccccc1. The van der Waals surface area contributed by atoms with Crippen LogP contribution in [0.15, 0.2) is 54.6 Å². The molecule has 1 fully saturated rings. The Balaban J connectivity index is 1.56. The van der Waals surface area contributed by atoms with Gasteiger partial charge >= 0.3 is 6.09 Å². The Morgan fingerprint density at radius 3 is 2.44 bits per heavy atom. The Hall–Kier alpha value is -2.31. The molecule has 0 N–H and O–H groups in total. The zero-order valence-corrected chi connectivity index (χ0v) is 21.1. The largest absolute Gasteiger partial charge is 0.491 e. The molecule has 1 heterocycles. The Labute approximate surface area is 193 Å². The minimum Gasteiger partial charge on any atom is -0.491 e. The summed E-state index contributed by atoms with van der Waals surface area (Å²) in [7, 11) is -1.85. The molecule has 0 bridgehead atoms. The molecule has 0 unspecified atom stereocenters. The van der Waals surface area contributed by atoms with Crippen molar-refractivity contribution in [1.29, 1.82) is 0 Å². The van der Waals surface area contributed by atoms with Crippen molar-refractivity contribution in [3.8, 4) is 5.75 Å². The van der Waals surface area contributed by atoms with E-state index in [4.69, 9.17) is 13.9 Å². The summed E-state index contributed by atoms with van der Waals surface area (Å²) >= 11 is 0. The van der Waals surface area contributed by atoms with E-state index in [1.165, 1.54) is 0 Å². The zero-order valence-electron chi connectivity index (χ0n) is 20.1. The Bertz CT molecular complexity index is 879. The highest BCUT2D eigenvalue weighted by molar-refractivity contribution is 6.74. The molecule has 0 spiro atoms. The number of hydrogen-bond acceptors (Lipinski definition) is 4. The van der Waals surface area contributed by atoms with Gasteiger partial charge in [0.15, 0.2) is 8.32 Å². The summed E-state index contributed by atoms with van der Waals surface area (Å²) in [5.74, 6) is 0.829. The van der Waals surface area contributed by atoms with E-state index in [2.05, 4.69) is 39.9 Å². The van der Waals surface area contributed by atoms with Crippen molar-refractivity contribution in [2.75, 3.05) is 13.2 Å². The van der Waals surface area contributed by atoms with Crippen molar-refractivity contribution in [2.45, 2.75) is 71.0 Å². The topological polar surface area (TPSA) is 48.0 Å². The van der Waals surface area contributed by atoms with E-state index in [0.29, 0.717) is 19.8 Å². The third kappa shape index (κ3) is 6.36. The third-order valence-electron chi connectivity index (χ3n) is 6.62. The molecular formula is C26H37NO4Si. The first kappa shape index (κ1) is 24.3. The van der Waals surface area contributed by atoms with Crippen LogP contribution < -0.4 is 4.74 Å². The fourth-order valence-corrected chi connectivity index (χ4v) is 4.43. The second-order valence-electron chi connectivity index (χ2n) is 10.00. The van der Waals surface area contributed by atoms with E-state index in [0.717, 1.165) is 29.7 Å². The Kier molecular flexibility index (Phi) is 8.01. The number of ether oxygens (including phenoxy) is 2. The van der Waals surface area contributed by atoms with Crippen LogP contribution in [0.1, 0.15) is 44.7 Å². The summed E-state index contributed by atoms with van der Waals surface area (Å²) in [4.78, 5) is 14.5. The molecule has 1 atom stereocenters. The Morgan fingerprint density at radius 2 is 1.72 bits per heavy atom. The normalized spacial score (nSPS) is 16.8. The number of carbonyl (C=O) groups is 1. The minimum atomic E-state index is -1.85. The van der Waals surface area contributed by atoms with Gasteiger partial charge in [-0.05, 0) is 42.6 Å². The molecule has 5 nitrogen and oxygen atoms in total. The molecule has 0 saturated carbocycles. The number of amides is 1. The van der Waals surface area contributed by atoms with E-state index in [1.807, 2.05) is 48.5 Å². The second kappa shape index (κ2) is 10.5. The molecule has 1 amide bonds. The molecule has 3 rings (SSSR count). The molecular weight excluding hydrogens is 418 g/mol. The van der Waals surface area contributed by atoms with Crippen molar-refractivity contribution < 1.29 is 18.7 Å². The molecule has 2 aromatic carbocycles. The molecule has 1 aliphatic heterocycles. The standard InChI is InChI=1S/C26H37NO4Si/c1-26(2,3)32(4,5)31-19-22-14-9-10-16-24(22)29-20-23-15-11-17-27(23)25(28)30-18-21-12-7-6-8-13-21/h6-10,12-14,16,23H,11,15,17-20H2,1-5H3/t23-/m1/s1. The number of nitrogens with zero attached hydrogens (tertiary/aromatic N) is 1. The zero-order chi connectivity index (χ0) is 23.2. The van der Waals surface area contributed by atoms with E-state index in [1.54, 1.807) is 4.90 Å². The van der Waals surface area contributed by atoms with Gasteiger partial charge in [0.1, 0.15) is 19.0 Å². The summed E-state index contributed by atoms with van der Waals surface area (Å²) in [6.45, 7) is 13.2. The summed E-state index contributed by atoms with van der Waals surface area (Å²) in [6.07, 6.45) is 1.61. The van der Waals surface area contributed by atoms with Gasteiger partial charge in [-0.25, -0.2) is 4.79 Å². The van der Waals surface area contributed by atoms with Gasteiger partial charge < -0.3 is 18.8 Å². The minimum absolute atomic E-state index is 0.0210. The summed E-state index contributed by atoms with van der Waals surface area (Å²) < 4.78 is 18.1. The van der Waals surface area contributed by atoms with E-state index in [9.17, 15) is 4.79 Å². The first-order valence-electron chi connectivity index (χ1n) is 11.5. The number of benzene rings is 2. The molecule has 0 aromatic heterocycles. The van der Waals surface area contributed by atoms with Crippen molar-refractivity contribution in [3.05, 3.63) is 65.7 Å². The lowest BCUT2D eigenvalue weighted by atomic mass is 10.2. The maximum Gasteiger partial charge on any atom is 0.410 e. The molecule has 0 radical (unpaired) electrons. The van der Waals surface area contributed by atoms with Gasteiger partial charge in [0.2, 0.25) is 0 Å². The molecule has 1 aliphatic rings. The van der Waals surface area contributed by atoms with Crippen LogP contribution in [0, 0.1) is 0 Å². The maximum absolute atomic E-state index is 12.6. The highest BCUT2D eigenvalue weighted by Gasteiger charge is 2.37. The quantitative estimate of drug-likeness (QED) is 0.433. The average molecular weight is 456 g/mol. The Morgan fingerprint density at radius 1 is 1.03 bits per heavy atom. The smallest absolute Gasteiger partial charge is 0.410 e. The van der Waals surface area contributed by atoms with E-state index in [-0.39, 0.29) is 23.8 Å². The van der Waals surface area contributed by atoms with Gasteiger partial charge in [0, 0.05) is 12.1 Å². The molecule has 6 heteroatoms. The summed E-state index contributed by atoms with van der Waals surface area (Å²) in [5, 5.41) is 0.160. The highest BCUT2D eigenvalue weighted by Crippen LogP contribution is 2.37. The molecule has 1 saturated heterocycles. The first-order chi connectivity index (χ1) is 15.2. The van der Waals surface area contributed by atoms with Crippen LogP contribution in [0.3, 0.4) is 0 Å². The van der Waals surface area contributed by atoms with Crippen molar-refractivity contribution in [2.24, 2.45) is 0 Å². The molecule has 0 aliphatic carbocycles. The van der Waals surface area contributed by atoms with Gasteiger partial charge in [0.05, 0.1) is 12.6 Å². The summed E-state index contributed by atoms with van der Waals surface area (Å²) in [5.41, 5.74) is 2.04. The number of para-hydroxylation sites is 1. The number of likely N-dealkylation sites (tertiary alicyclic amines) is 1. The van der Waals surface area contributed by atoms with Crippen molar-refractivity contribution in [1.82, 2.24) is 4.90 Å². The second-order valence-corrected chi connectivity index (χ2v) is 14.8. The number of hydrogen-bond donors (Lipinski definition) is 0. The van der Waals surface area contributed by atoms with Crippen LogP contribution in [-0.4, -0.2) is 38.5 Å². The third-order valence-corrected chi connectivity index (χ3v) is 11.1. The lowest BCUT2D eigenvalue weighted by Gasteiger charge is -2.36. The summed E-state index contributed by atoms with van der Waals surface area (Å²) in [6, 6.07) is 17.8. The molecule has 174 valence electrons. The first-order valence-corrected chi connectivity index (χ1v) is 14.4. The van der Waals surface area contributed by atoms with Gasteiger partial charge in [-0.3, -0.25) is 0 Å². The predicted molar refractivity (Wildman–Crippen MR) is 130 cm³/mol. The maximum atomic E-state index is 12.6. The predicted octanol–water partition coefficient (Wildman–Crippen LogP) is 6.39. The monoisotopic (exact) mass is 455 g/mol. The van der Waals surface area contributed by atoms with Crippen LogP contribution in [0.2, 0.25) is 18.1 Å². The van der Waals surface area contributed by atoms with Crippen LogP contribution in [0.25, 0.3) is 0 Å². The van der Waals surface area contributed by atoms with Gasteiger partial charge in [0.25, 0.3) is 0 Å². The fourth-order valence-electron chi connectivity index (χ4n) is 3.48. The van der Waals surface area contributed by atoms with Crippen LogP contribution >= 0.6 is 0 Å². The van der Waals surface area contributed by atoms with Gasteiger partial charge in [-0.2, -0.15) is 0 Å². The van der Waals surface area contributed by atoms with E-state index >= 15 is 0 Å². The highest BCUT2D eigenvalue weighted by atomic mass is 28.4. The fraction of sp³-hybridized carbons (Fsp3) is 0.500. The van der Waals surface area contributed by atoms with Crippen molar-refractivity contribution >= 4 is 14.4 Å². The number of carbonyl (C=O) groups excluding carboxylic acids is 1. The van der Waals surface area contributed by atoms with Crippen molar-refractivity contribution in [3.63, 3.8) is 0 Å². The molecule has 32 heavy (non-hydrogen) atoms. The van der Waals surface area contributed by atoms with Crippen LogP contribution in [0.4, 0.5) is 4.79 Å². The number of rotatable bonds is 8. The van der Waals surface area contributed by atoms with E-state index < -0.39 is 8.32 Å². The van der Waals surface area contributed by atoms with Gasteiger partial charge in [-0.1, -0.05) is 69.3 Å². The molecule has 2 aromatic rings.